The number of benzene rings is 6. The minimum absolute atomic E-state index is 0.0185. The van der Waals surface area contributed by atoms with Crippen LogP contribution in [0.3, 0.4) is 0 Å². The van der Waals surface area contributed by atoms with Gasteiger partial charge in [0.25, 0.3) is 0 Å². The summed E-state index contributed by atoms with van der Waals surface area (Å²) in [5.41, 5.74) is 12.2. The molecule has 6 aromatic carbocycles. The Hall–Kier alpha value is -5.93. The highest BCUT2D eigenvalue weighted by atomic mass is 14.9. The van der Waals surface area contributed by atoms with E-state index in [-0.39, 0.29) is 5.41 Å². The average Bonchev–Trinajstić information content (AvgIpc) is 3.36. The summed E-state index contributed by atoms with van der Waals surface area (Å²) in [5.74, 6) is 0.698. The molecule has 2 heterocycles. The molecule has 1 aliphatic carbocycles. The van der Waals surface area contributed by atoms with Crippen molar-refractivity contribution in [1.82, 2.24) is 15.0 Å². The second-order valence-electron chi connectivity index (χ2n) is 12.9. The Bertz CT molecular complexity index is 2480. The number of rotatable bonds is 4. The summed E-state index contributed by atoms with van der Waals surface area (Å²) in [7, 11) is 0. The lowest BCUT2D eigenvalue weighted by Gasteiger charge is -2.21. The third-order valence-electron chi connectivity index (χ3n) is 9.74. The van der Waals surface area contributed by atoms with Crippen molar-refractivity contribution in [2.45, 2.75) is 19.3 Å². The van der Waals surface area contributed by atoms with Crippen molar-refractivity contribution in [3.8, 4) is 56.3 Å². The monoisotopic (exact) mass is 601 g/mol. The highest BCUT2D eigenvalue weighted by Gasteiger charge is 2.35. The zero-order valence-corrected chi connectivity index (χ0v) is 26.3. The molecular formula is C44H31N3. The molecule has 3 nitrogen and oxygen atoms in total. The van der Waals surface area contributed by atoms with Gasteiger partial charge in [-0.1, -0.05) is 123 Å². The van der Waals surface area contributed by atoms with Gasteiger partial charge in [0.15, 0.2) is 5.82 Å². The molecule has 2 aromatic heterocycles. The molecule has 222 valence electrons. The van der Waals surface area contributed by atoms with Gasteiger partial charge in [-0.25, -0.2) is 9.97 Å². The van der Waals surface area contributed by atoms with Crippen LogP contribution in [0.15, 0.2) is 152 Å². The van der Waals surface area contributed by atoms with Crippen molar-refractivity contribution < 1.29 is 0 Å². The summed E-state index contributed by atoms with van der Waals surface area (Å²) in [6.07, 6.45) is 1.83. The van der Waals surface area contributed by atoms with Crippen molar-refractivity contribution in [3.63, 3.8) is 0 Å². The standard InChI is InChI=1S/C44H31N3/c1-44(2)38-17-9-8-14-33(38)37-26-36-30(25-39(37)44)20-19-29-24-31(21-22-32(29)36)41-27-42(47-43(46-41)28-12-4-3-5-13-28)35-16-7-6-15-34(35)40-18-10-11-23-45-40/h3-27H,1-2H3. The third-order valence-corrected chi connectivity index (χ3v) is 9.74. The molecule has 9 rings (SSSR count). The molecule has 0 N–H and O–H groups in total. The fourth-order valence-corrected chi connectivity index (χ4v) is 7.32. The molecule has 0 atom stereocenters. The molecule has 0 unspecified atom stereocenters. The maximum Gasteiger partial charge on any atom is 0.160 e. The molecule has 0 aliphatic heterocycles. The summed E-state index contributed by atoms with van der Waals surface area (Å²) in [6, 6.07) is 51.6. The van der Waals surface area contributed by atoms with Crippen LogP contribution in [0.25, 0.3) is 77.8 Å². The van der Waals surface area contributed by atoms with Crippen LogP contribution in [0, 0.1) is 0 Å². The predicted octanol–water partition coefficient (Wildman–Crippen LogP) is 11.2. The van der Waals surface area contributed by atoms with Crippen molar-refractivity contribution in [2.24, 2.45) is 0 Å². The largest absolute Gasteiger partial charge is 0.256 e. The molecule has 1 aliphatic rings. The van der Waals surface area contributed by atoms with E-state index in [9.17, 15) is 0 Å². The Balaban J connectivity index is 1.22. The number of hydrogen-bond donors (Lipinski definition) is 0. The first-order valence-electron chi connectivity index (χ1n) is 16.1. The van der Waals surface area contributed by atoms with E-state index in [0.717, 1.165) is 39.3 Å². The Morgan fingerprint density at radius 3 is 1.89 bits per heavy atom. The van der Waals surface area contributed by atoms with Gasteiger partial charge in [-0.3, -0.25) is 4.98 Å². The van der Waals surface area contributed by atoms with Crippen LogP contribution in [-0.2, 0) is 5.41 Å². The summed E-state index contributed by atoms with van der Waals surface area (Å²) in [5, 5.41) is 4.98. The minimum Gasteiger partial charge on any atom is -0.256 e. The second kappa shape index (κ2) is 10.6. The van der Waals surface area contributed by atoms with Crippen LogP contribution < -0.4 is 0 Å². The summed E-state index contributed by atoms with van der Waals surface area (Å²) < 4.78 is 0. The maximum absolute atomic E-state index is 5.13. The summed E-state index contributed by atoms with van der Waals surface area (Å²) in [6.45, 7) is 4.68. The smallest absolute Gasteiger partial charge is 0.160 e. The van der Waals surface area contributed by atoms with Gasteiger partial charge >= 0.3 is 0 Å². The maximum atomic E-state index is 5.13. The molecule has 0 spiro atoms. The van der Waals surface area contributed by atoms with E-state index in [4.69, 9.17) is 9.97 Å². The lowest BCUT2D eigenvalue weighted by atomic mass is 9.81. The van der Waals surface area contributed by atoms with Crippen molar-refractivity contribution >= 4 is 21.5 Å². The number of aromatic nitrogens is 3. The van der Waals surface area contributed by atoms with Crippen LogP contribution in [0.1, 0.15) is 25.0 Å². The normalized spacial score (nSPS) is 13.1. The molecule has 3 heteroatoms. The van der Waals surface area contributed by atoms with E-state index >= 15 is 0 Å². The number of hydrogen-bond acceptors (Lipinski definition) is 3. The molecule has 0 saturated heterocycles. The van der Waals surface area contributed by atoms with E-state index in [2.05, 4.69) is 128 Å². The summed E-state index contributed by atoms with van der Waals surface area (Å²) in [4.78, 5) is 14.9. The van der Waals surface area contributed by atoms with Gasteiger partial charge in [0, 0.05) is 33.9 Å². The lowest BCUT2D eigenvalue weighted by Crippen LogP contribution is -2.14. The number of pyridine rings is 1. The van der Waals surface area contributed by atoms with Gasteiger partial charge in [-0.2, -0.15) is 0 Å². The Morgan fingerprint density at radius 1 is 0.426 bits per heavy atom. The first kappa shape index (κ1) is 27.4. The third kappa shape index (κ3) is 4.46. The molecule has 47 heavy (non-hydrogen) atoms. The van der Waals surface area contributed by atoms with Gasteiger partial charge in [-0.15, -0.1) is 0 Å². The fourth-order valence-electron chi connectivity index (χ4n) is 7.32. The quantitative estimate of drug-likeness (QED) is 0.188. The van der Waals surface area contributed by atoms with E-state index in [0.29, 0.717) is 5.82 Å². The SMILES string of the molecule is CC1(C)c2ccccc2-c2cc3c(ccc4cc(-c5cc(-c6ccccc6-c6ccccn6)nc(-c6ccccc6)n5)ccc43)cc21. The van der Waals surface area contributed by atoms with Gasteiger partial charge in [-0.05, 0) is 80.2 Å². The first-order valence-corrected chi connectivity index (χ1v) is 16.1. The number of fused-ring (bicyclic) bond motifs is 6. The average molecular weight is 602 g/mol. The summed E-state index contributed by atoms with van der Waals surface area (Å²) >= 11 is 0. The Morgan fingerprint density at radius 2 is 1.11 bits per heavy atom. The van der Waals surface area contributed by atoms with E-state index in [1.54, 1.807) is 0 Å². The molecule has 0 radical (unpaired) electrons. The molecule has 0 amide bonds. The Kier molecular flexibility index (Phi) is 6.16. The van der Waals surface area contributed by atoms with Crippen molar-refractivity contribution in [3.05, 3.63) is 163 Å². The van der Waals surface area contributed by atoms with Gasteiger partial charge in [0.2, 0.25) is 0 Å². The molecule has 0 saturated carbocycles. The van der Waals surface area contributed by atoms with Gasteiger partial charge < -0.3 is 0 Å². The number of nitrogens with zero attached hydrogens (tertiary/aromatic N) is 3. The van der Waals surface area contributed by atoms with Crippen molar-refractivity contribution in [1.29, 1.82) is 0 Å². The van der Waals surface area contributed by atoms with E-state index in [1.165, 1.54) is 43.8 Å². The van der Waals surface area contributed by atoms with Crippen LogP contribution >= 0.6 is 0 Å². The minimum atomic E-state index is -0.0185. The zero-order valence-electron chi connectivity index (χ0n) is 26.3. The topological polar surface area (TPSA) is 38.7 Å². The van der Waals surface area contributed by atoms with E-state index < -0.39 is 0 Å². The van der Waals surface area contributed by atoms with E-state index in [1.807, 2.05) is 42.6 Å². The molecule has 8 aromatic rings. The van der Waals surface area contributed by atoms with Gasteiger partial charge in [0.05, 0.1) is 17.1 Å². The van der Waals surface area contributed by atoms with Crippen LogP contribution in [0.4, 0.5) is 0 Å². The molecule has 0 bridgehead atoms. The molecule has 0 fully saturated rings. The van der Waals surface area contributed by atoms with Crippen molar-refractivity contribution in [2.75, 3.05) is 0 Å². The van der Waals surface area contributed by atoms with Crippen LogP contribution in [0.5, 0.6) is 0 Å². The lowest BCUT2D eigenvalue weighted by molar-refractivity contribution is 0.661. The molecular weight excluding hydrogens is 571 g/mol. The highest BCUT2D eigenvalue weighted by Crippen LogP contribution is 2.50. The van der Waals surface area contributed by atoms with Crippen LogP contribution in [-0.4, -0.2) is 15.0 Å². The highest BCUT2D eigenvalue weighted by molar-refractivity contribution is 6.10. The Labute approximate surface area is 274 Å². The first-order chi connectivity index (χ1) is 23.0. The second-order valence-corrected chi connectivity index (χ2v) is 12.9. The fraction of sp³-hybridized carbons (Fsp3) is 0.0682. The predicted molar refractivity (Wildman–Crippen MR) is 194 cm³/mol. The zero-order chi connectivity index (χ0) is 31.5. The van der Waals surface area contributed by atoms with Crippen LogP contribution in [0.2, 0.25) is 0 Å². The van der Waals surface area contributed by atoms with Gasteiger partial charge in [0.1, 0.15) is 0 Å².